The van der Waals surface area contributed by atoms with Crippen LogP contribution in [0.25, 0.3) is 0 Å². The molecule has 1 aromatic heterocycles. The highest BCUT2D eigenvalue weighted by molar-refractivity contribution is 5.94. The van der Waals surface area contributed by atoms with Crippen LogP contribution >= 0.6 is 0 Å². The molecule has 5 rings (SSSR count). The third kappa shape index (κ3) is 4.85. The van der Waals surface area contributed by atoms with Gasteiger partial charge < -0.3 is 19.5 Å². The number of anilines is 1. The number of hydrogen-bond acceptors (Lipinski definition) is 5. The van der Waals surface area contributed by atoms with E-state index in [1.807, 2.05) is 26.0 Å². The van der Waals surface area contributed by atoms with Crippen molar-refractivity contribution in [3.63, 3.8) is 0 Å². The van der Waals surface area contributed by atoms with Crippen LogP contribution in [0.2, 0.25) is 0 Å². The standard InChI is InChI=1S/C27H37N5O3/c1-15(2)35-21-11-19(12-21)25-29-30-26(32(25)20-7-8-20)22-13-31(18(5)33)14-23(22)27(34)28-24-9-6-16(3)10-17(24)4/h6,9-10,15,19-23H,7-8,11-14H2,1-5H3,(H,28,34)/t19-,21+,22-,23-/m1/s1. The van der Waals surface area contributed by atoms with Gasteiger partial charge >= 0.3 is 0 Å². The van der Waals surface area contributed by atoms with Crippen molar-refractivity contribution in [2.75, 3.05) is 18.4 Å². The van der Waals surface area contributed by atoms with Crippen molar-refractivity contribution in [3.05, 3.63) is 41.0 Å². The first-order valence-electron chi connectivity index (χ1n) is 12.9. The van der Waals surface area contributed by atoms with E-state index in [-0.39, 0.29) is 35.9 Å². The molecule has 8 nitrogen and oxygen atoms in total. The lowest BCUT2D eigenvalue weighted by molar-refractivity contribution is -0.128. The third-order valence-corrected chi connectivity index (χ3v) is 7.66. The van der Waals surface area contributed by atoms with E-state index in [0.29, 0.717) is 25.0 Å². The number of carbonyl (C=O) groups excluding carboxylic acids is 2. The fourth-order valence-electron chi connectivity index (χ4n) is 5.59. The maximum atomic E-state index is 13.5. The highest BCUT2D eigenvalue weighted by Crippen LogP contribution is 2.46. The van der Waals surface area contributed by atoms with Crippen molar-refractivity contribution in [2.45, 2.75) is 90.4 Å². The van der Waals surface area contributed by atoms with Gasteiger partial charge in [-0.05, 0) is 65.0 Å². The Labute approximate surface area is 207 Å². The summed E-state index contributed by atoms with van der Waals surface area (Å²) >= 11 is 0. The van der Waals surface area contributed by atoms with Crippen LogP contribution in [-0.4, -0.2) is 56.8 Å². The van der Waals surface area contributed by atoms with Gasteiger partial charge in [-0.25, -0.2) is 0 Å². The smallest absolute Gasteiger partial charge is 0.230 e. The van der Waals surface area contributed by atoms with E-state index in [1.165, 1.54) is 0 Å². The number of nitrogens with zero attached hydrogens (tertiary/aromatic N) is 4. The third-order valence-electron chi connectivity index (χ3n) is 7.66. The second-order valence-corrected chi connectivity index (χ2v) is 10.9. The molecule has 2 amide bonds. The van der Waals surface area contributed by atoms with Gasteiger partial charge in [-0.15, -0.1) is 10.2 Å². The molecule has 0 unspecified atom stereocenters. The summed E-state index contributed by atoms with van der Waals surface area (Å²) in [6.07, 6.45) is 4.65. The summed E-state index contributed by atoms with van der Waals surface area (Å²) in [4.78, 5) is 27.6. The van der Waals surface area contributed by atoms with Crippen LogP contribution < -0.4 is 5.32 Å². The number of nitrogens with one attached hydrogen (secondary N) is 1. The van der Waals surface area contributed by atoms with E-state index >= 15 is 0 Å². The van der Waals surface area contributed by atoms with Crippen LogP contribution in [0.15, 0.2) is 18.2 Å². The predicted molar refractivity (Wildman–Crippen MR) is 133 cm³/mol. The van der Waals surface area contributed by atoms with E-state index in [1.54, 1.807) is 11.8 Å². The number of aromatic nitrogens is 3. The molecule has 2 aliphatic carbocycles. The quantitative estimate of drug-likeness (QED) is 0.646. The van der Waals surface area contributed by atoms with E-state index in [2.05, 4.69) is 40.0 Å². The Bertz CT molecular complexity index is 1120. The van der Waals surface area contributed by atoms with Crippen molar-refractivity contribution >= 4 is 17.5 Å². The van der Waals surface area contributed by atoms with Gasteiger partial charge in [-0.2, -0.15) is 0 Å². The average molecular weight is 480 g/mol. The zero-order chi connectivity index (χ0) is 24.9. The van der Waals surface area contributed by atoms with E-state index in [0.717, 1.165) is 54.1 Å². The van der Waals surface area contributed by atoms with E-state index in [4.69, 9.17) is 4.74 Å². The van der Waals surface area contributed by atoms with Gasteiger partial charge in [0, 0.05) is 37.7 Å². The van der Waals surface area contributed by atoms with Gasteiger partial charge in [0.15, 0.2) is 0 Å². The zero-order valence-corrected chi connectivity index (χ0v) is 21.5. The summed E-state index contributed by atoms with van der Waals surface area (Å²) in [7, 11) is 0. The Morgan fingerprint density at radius 1 is 1.09 bits per heavy atom. The molecular weight excluding hydrogens is 442 g/mol. The van der Waals surface area contributed by atoms with E-state index in [9.17, 15) is 9.59 Å². The maximum absolute atomic E-state index is 13.5. The summed E-state index contributed by atoms with van der Waals surface area (Å²) in [5.74, 6) is 1.62. The van der Waals surface area contributed by atoms with Crippen molar-refractivity contribution < 1.29 is 14.3 Å². The van der Waals surface area contributed by atoms with Crippen LogP contribution in [0.5, 0.6) is 0 Å². The predicted octanol–water partition coefficient (Wildman–Crippen LogP) is 4.10. The van der Waals surface area contributed by atoms with Crippen LogP contribution in [0.4, 0.5) is 5.69 Å². The Balaban J connectivity index is 1.40. The van der Waals surface area contributed by atoms with Crippen LogP contribution in [-0.2, 0) is 14.3 Å². The van der Waals surface area contributed by atoms with Crippen LogP contribution in [0.3, 0.4) is 0 Å². The molecule has 1 saturated heterocycles. The molecule has 1 N–H and O–H groups in total. The summed E-state index contributed by atoms with van der Waals surface area (Å²) in [5, 5.41) is 12.4. The summed E-state index contributed by atoms with van der Waals surface area (Å²) < 4.78 is 8.28. The maximum Gasteiger partial charge on any atom is 0.230 e. The second kappa shape index (κ2) is 9.37. The minimum Gasteiger partial charge on any atom is -0.376 e. The van der Waals surface area contributed by atoms with Crippen molar-refractivity contribution in [1.82, 2.24) is 19.7 Å². The number of carbonyl (C=O) groups is 2. The molecule has 0 bridgehead atoms. The largest absolute Gasteiger partial charge is 0.376 e. The number of hydrogen-bond donors (Lipinski definition) is 1. The molecule has 2 heterocycles. The van der Waals surface area contributed by atoms with Crippen molar-refractivity contribution in [2.24, 2.45) is 5.92 Å². The summed E-state index contributed by atoms with van der Waals surface area (Å²) in [6, 6.07) is 6.41. The van der Waals surface area contributed by atoms with Gasteiger partial charge in [0.2, 0.25) is 11.8 Å². The topological polar surface area (TPSA) is 89.3 Å². The van der Waals surface area contributed by atoms with E-state index < -0.39 is 0 Å². The number of ether oxygens (including phenoxy) is 1. The number of aryl methyl sites for hydroxylation is 2. The van der Waals surface area contributed by atoms with Crippen molar-refractivity contribution in [3.8, 4) is 0 Å². The molecule has 0 radical (unpaired) electrons. The summed E-state index contributed by atoms with van der Waals surface area (Å²) in [5.41, 5.74) is 3.00. The molecule has 0 spiro atoms. The molecule has 3 fully saturated rings. The summed E-state index contributed by atoms with van der Waals surface area (Å²) in [6.45, 7) is 10.7. The molecule has 3 aliphatic rings. The number of benzene rings is 1. The van der Waals surface area contributed by atoms with Gasteiger partial charge in [0.1, 0.15) is 11.6 Å². The fraction of sp³-hybridized carbons (Fsp3) is 0.630. The van der Waals surface area contributed by atoms with Gasteiger partial charge in [-0.1, -0.05) is 17.7 Å². The van der Waals surface area contributed by atoms with Crippen LogP contribution in [0.1, 0.15) is 87.1 Å². The fourth-order valence-corrected chi connectivity index (χ4v) is 5.59. The number of rotatable bonds is 7. The lowest BCUT2D eigenvalue weighted by Crippen LogP contribution is -2.34. The second-order valence-electron chi connectivity index (χ2n) is 10.9. The zero-order valence-electron chi connectivity index (χ0n) is 21.5. The monoisotopic (exact) mass is 479 g/mol. The highest BCUT2D eigenvalue weighted by Gasteiger charge is 2.46. The minimum atomic E-state index is -0.368. The van der Waals surface area contributed by atoms with Crippen molar-refractivity contribution in [1.29, 1.82) is 0 Å². The molecule has 8 heteroatoms. The lowest BCUT2D eigenvalue weighted by Gasteiger charge is -2.36. The Kier molecular flexibility index (Phi) is 6.42. The Morgan fingerprint density at radius 2 is 1.80 bits per heavy atom. The van der Waals surface area contributed by atoms with Gasteiger partial charge in [-0.3, -0.25) is 9.59 Å². The Hall–Kier alpha value is -2.74. The molecular formula is C27H37N5O3. The molecule has 1 aliphatic heterocycles. The Morgan fingerprint density at radius 3 is 2.43 bits per heavy atom. The first kappa shape index (κ1) is 24.0. The normalized spacial score (nSPS) is 26.2. The molecule has 2 aromatic rings. The van der Waals surface area contributed by atoms with Crippen LogP contribution in [0, 0.1) is 19.8 Å². The molecule has 2 saturated carbocycles. The SMILES string of the molecule is CC(=O)N1C[C@@H](C(=O)Nc2ccc(C)cc2C)[C@H](c2nnc([C@H]3C[C@@H](OC(C)C)C3)n2C2CC2)C1. The number of amides is 2. The highest BCUT2D eigenvalue weighted by atomic mass is 16.5. The molecule has 188 valence electrons. The molecule has 2 atom stereocenters. The minimum absolute atomic E-state index is 0.0119. The first-order valence-corrected chi connectivity index (χ1v) is 12.9. The van der Waals surface area contributed by atoms with Gasteiger partial charge in [0.05, 0.1) is 24.0 Å². The average Bonchev–Trinajstić information content (AvgIpc) is 3.35. The first-order chi connectivity index (χ1) is 16.7. The number of likely N-dealkylation sites (tertiary alicyclic amines) is 1. The molecule has 1 aromatic carbocycles. The lowest BCUT2D eigenvalue weighted by atomic mass is 9.81. The van der Waals surface area contributed by atoms with Gasteiger partial charge in [0.25, 0.3) is 0 Å². The molecule has 35 heavy (non-hydrogen) atoms.